The van der Waals surface area contributed by atoms with Crippen LogP contribution in [0.2, 0.25) is 0 Å². The first-order valence-electron chi connectivity index (χ1n) is 8.43. The minimum atomic E-state index is -0.0457. The van der Waals surface area contributed by atoms with E-state index >= 15 is 0 Å². The average Bonchev–Trinajstić information content (AvgIpc) is 3.08. The average molecular weight is 323 g/mol. The normalized spacial score (nSPS) is 15.4. The topological polar surface area (TPSA) is 63.2 Å². The van der Waals surface area contributed by atoms with Crippen LogP contribution in [-0.4, -0.2) is 24.0 Å². The third kappa shape index (κ3) is 2.76. The second kappa shape index (κ2) is 6.24. The molecule has 2 N–H and O–H groups in total. The number of aryl methyl sites for hydroxylation is 1. The summed E-state index contributed by atoms with van der Waals surface area (Å²) in [5.74, 6) is 0.854. The molecule has 5 heteroatoms. The van der Waals surface area contributed by atoms with E-state index in [9.17, 15) is 4.79 Å². The Labute approximate surface area is 141 Å². The Hall–Kier alpha value is -2.40. The van der Waals surface area contributed by atoms with Gasteiger partial charge in [0.2, 0.25) is 0 Å². The lowest BCUT2D eigenvalue weighted by Gasteiger charge is -2.21. The fourth-order valence-corrected chi connectivity index (χ4v) is 3.48. The number of nitrogens with one attached hydrogen (secondary N) is 2. The van der Waals surface area contributed by atoms with Gasteiger partial charge >= 0.3 is 0 Å². The molecule has 0 unspecified atom stereocenters. The van der Waals surface area contributed by atoms with Gasteiger partial charge in [0.15, 0.2) is 0 Å². The number of hydrogen-bond acceptors (Lipinski definition) is 4. The van der Waals surface area contributed by atoms with Crippen molar-refractivity contribution in [2.45, 2.75) is 32.9 Å². The lowest BCUT2D eigenvalue weighted by atomic mass is 9.96. The highest BCUT2D eigenvalue weighted by molar-refractivity contribution is 5.94. The fraction of sp³-hybridized carbons (Fsp3) is 0.368. The second-order valence-corrected chi connectivity index (χ2v) is 6.36. The molecular weight excluding hydrogens is 302 g/mol. The van der Waals surface area contributed by atoms with Crippen LogP contribution in [-0.2, 0) is 25.9 Å². The molecule has 1 amide bonds. The number of aromatic nitrogens is 1. The van der Waals surface area contributed by atoms with E-state index in [0.717, 1.165) is 48.5 Å². The predicted octanol–water partition coefficient (Wildman–Crippen LogP) is 1.90. The van der Waals surface area contributed by atoms with Gasteiger partial charge in [-0.3, -0.25) is 9.78 Å². The Kier molecular flexibility index (Phi) is 3.94. The van der Waals surface area contributed by atoms with Gasteiger partial charge in [0, 0.05) is 37.0 Å². The zero-order chi connectivity index (χ0) is 16.5. The molecule has 0 radical (unpaired) electrons. The largest absolute Gasteiger partial charge is 0.493 e. The van der Waals surface area contributed by atoms with Gasteiger partial charge in [-0.1, -0.05) is 0 Å². The zero-order valence-corrected chi connectivity index (χ0v) is 13.8. The van der Waals surface area contributed by atoms with Gasteiger partial charge in [0.1, 0.15) is 5.75 Å². The molecule has 0 spiro atoms. The fourth-order valence-electron chi connectivity index (χ4n) is 3.48. The van der Waals surface area contributed by atoms with Crippen molar-refractivity contribution in [3.63, 3.8) is 0 Å². The van der Waals surface area contributed by atoms with Gasteiger partial charge in [-0.05, 0) is 60.3 Å². The van der Waals surface area contributed by atoms with Crippen molar-refractivity contribution in [1.29, 1.82) is 0 Å². The van der Waals surface area contributed by atoms with Crippen LogP contribution in [0.4, 0.5) is 0 Å². The van der Waals surface area contributed by atoms with Crippen molar-refractivity contribution in [2.24, 2.45) is 0 Å². The number of pyridine rings is 1. The number of benzene rings is 1. The number of nitrogens with zero attached hydrogens (tertiary/aromatic N) is 1. The van der Waals surface area contributed by atoms with E-state index in [4.69, 9.17) is 4.74 Å². The molecular formula is C19H21N3O2. The minimum absolute atomic E-state index is 0.0457. The van der Waals surface area contributed by atoms with Crippen LogP contribution < -0.4 is 15.4 Å². The summed E-state index contributed by atoms with van der Waals surface area (Å²) in [6.07, 6.45) is 3.81. The number of ether oxygens (including phenoxy) is 1. The van der Waals surface area contributed by atoms with Gasteiger partial charge in [0.25, 0.3) is 5.91 Å². The van der Waals surface area contributed by atoms with E-state index in [1.807, 2.05) is 31.3 Å². The first-order valence-corrected chi connectivity index (χ1v) is 8.43. The van der Waals surface area contributed by atoms with Crippen molar-refractivity contribution >= 4 is 5.91 Å². The molecule has 2 aliphatic heterocycles. The molecule has 0 saturated heterocycles. The van der Waals surface area contributed by atoms with Crippen molar-refractivity contribution in [1.82, 2.24) is 15.6 Å². The summed E-state index contributed by atoms with van der Waals surface area (Å²) in [7, 11) is 0. The summed E-state index contributed by atoms with van der Waals surface area (Å²) < 4.78 is 5.49. The van der Waals surface area contributed by atoms with Crippen molar-refractivity contribution in [3.05, 3.63) is 57.9 Å². The molecule has 1 aromatic carbocycles. The molecule has 0 aliphatic carbocycles. The summed E-state index contributed by atoms with van der Waals surface area (Å²) in [6.45, 7) is 5.07. The van der Waals surface area contributed by atoms with E-state index in [0.29, 0.717) is 18.7 Å². The first kappa shape index (κ1) is 15.1. The van der Waals surface area contributed by atoms with Gasteiger partial charge in [-0.25, -0.2) is 0 Å². The molecule has 0 fully saturated rings. The Bertz CT molecular complexity index is 801. The summed E-state index contributed by atoms with van der Waals surface area (Å²) in [5, 5.41) is 6.42. The summed E-state index contributed by atoms with van der Waals surface area (Å²) in [5.41, 5.74) is 6.54. The van der Waals surface area contributed by atoms with Crippen LogP contribution in [0.5, 0.6) is 5.75 Å². The maximum absolute atomic E-state index is 12.5. The number of amides is 1. The van der Waals surface area contributed by atoms with Crippen LogP contribution in [0.25, 0.3) is 0 Å². The summed E-state index contributed by atoms with van der Waals surface area (Å²) >= 11 is 0. The van der Waals surface area contributed by atoms with Crippen molar-refractivity contribution in [3.8, 4) is 5.75 Å². The maximum atomic E-state index is 12.5. The third-order valence-electron chi connectivity index (χ3n) is 4.85. The highest BCUT2D eigenvalue weighted by Crippen LogP contribution is 2.26. The van der Waals surface area contributed by atoms with Crippen LogP contribution in [0.3, 0.4) is 0 Å². The van der Waals surface area contributed by atoms with E-state index in [-0.39, 0.29) is 5.91 Å². The molecule has 0 atom stereocenters. The molecule has 0 bridgehead atoms. The van der Waals surface area contributed by atoms with Crippen molar-refractivity contribution in [2.75, 3.05) is 13.2 Å². The Morgan fingerprint density at radius 3 is 3.17 bits per heavy atom. The Balaban J connectivity index is 1.52. The summed E-state index contributed by atoms with van der Waals surface area (Å²) in [4.78, 5) is 17.0. The molecule has 3 heterocycles. The van der Waals surface area contributed by atoms with Gasteiger partial charge in [-0.2, -0.15) is 0 Å². The second-order valence-electron chi connectivity index (χ2n) is 6.36. The van der Waals surface area contributed by atoms with Gasteiger partial charge in [-0.15, -0.1) is 0 Å². The highest BCUT2D eigenvalue weighted by atomic mass is 16.5. The molecule has 0 saturated carbocycles. The number of hydrogen-bond donors (Lipinski definition) is 2. The number of rotatable bonds is 3. The maximum Gasteiger partial charge on any atom is 0.251 e. The van der Waals surface area contributed by atoms with E-state index in [1.54, 1.807) is 0 Å². The quantitative estimate of drug-likeness (QED) is 0.905. The number of carbonyl (C=O) groups excluding carboxylic acids is 1. The molecule has 4 rings (SSSR count). The smallest absolute Gasteiger partial charge is 0.251 e. The molecule has 1 aromatic heterocycles. The Morgan fingerprint density at radius 2 is 2.25 bits per heavy atom. The zero-order valence-electron chi connectivity index (χ0n) is 13.8. The van der Waals surface area contributed by atoms with Crippen LogP contribution >= 0.6 is 0 Å². The number of fused-ring (bicyclic) bond motifs is 2. The van der Waals surface area contributed by atoms with Gasteiger partial charge < -0.3 is 15.4 Å². The van der Waals surface area contributed by atoms with Crippen LogP contribution in [0.1, 0.15) is 38.3 Å². The minimum Gasteiger partial charge on any atom is -0.493 e. The third-order valence-corrected chi connectivity index (χ3v) is 4.85. The van der Waals surface area contributed by atoms with E-state index < -0.39 is 0 Å². The molecule has 2 aromatic rings. The molecule has 5 nitrogen and oxygen atoms in total. The monoisotopic (exact) mass is 323 g/mol. The van der Waals surface area contributed by atoms with Crippen molar-refractivity contribution < 1.29 is 9.53 Å². The Morgan fingerprint density at radius 1 is 1.33 bits per heavy atom. The van der Waals surface area contributed by atoms with E-state index in [1.165, 1.54) is 11.1 Å². The molecule has 24 heavy (non-hydrogen) atoms. The van der Waals surface area contributed by atoms with Crippen LogP contribution in [0.15, 0.2) is 24.4 Å². The lowest BCUT2D eigenvalue weighted by molar-refractivity contribution is 0.0950. The van der Waals surface area contributed by atoms with Crippen LogP contribution in [0, 0.1) is 6.92 Å². The summed E-state index contributed by atoms with van der Waals surface area (Å²) in [6, 6.07) is 5.65. The first-order chi connectivity index (χ1) is 11.7. The van der Waals surface area contributed by atoms with Gasteiger partial charge in [0.05, 0.1) is 6.61 Å². The lowest BCUT2D eigenvalue weighted by Crippen LogP contribution is -2.28. The molecule has 124 valence electrons. The standard InChI is InChI=1S/C19H21N3O2/c1-12-17(16-4-6-20-9-15(16)10-21-12)11-22-19(23)14-2-3-18-13(8-14)5-7-24-18/h2-3,8,10,20H,4-7,9,11H2,1H3,(H,22,23). The SMILES string of the molecule is Cc1ncc2c(c1CNC(=O)c1ccc3c(c1)CCO3)CCNC2. The number of carbonyl (C=O) groups is 1. The predicted molar refractivity (Wildman–Crippen MR) is 91.2 cm³/mol. The molecule has 2 aliphatic rings. The van der Waals surface area contributed by atoms with E-state index in [2.05, 4.69) is 15.6 Å². The highest BCUT2D eigenvalue weighted by Gasteiger charge is 2.18.